The minimum atomic E-state index is 0.407. The van der Waals surface area contributed by atoms with Crippen molar-refractivity contribution in [3.05, 3.63) is 28.8 Å². The Bertz CT molecular complexity index is 836. The highest BCUT2D eigenvalue weighted by Gasteiger charge is 2.35. The van der Waals surface area contributed by atoms with Crippen LogP contribution >= 0.6 is 0 Å². The number of benzene rings is 1. The van der Waals surface area contributed by atoms with Gasteiger partial charge < -0.3 is 19.7 Å². The number of nitrogens with one attached hydrogen (secondary N) is 1. The monoisotopic (exact) mass is 423 g/mol. The third-order valence-electron chi connectivity index (χ3n) is 7.19. The summed E-state index contributed by atoms with van der Waals surface area (Å²) in [4.78, 5) is 2.56. The largest absolute Gasteiger partial charge is 0.493 e. The van der Waals surface area contributed by atoms with Crippen molar-refractivity contribution in [2.75, 3.05) is 33.4 Å². The molecule has 5 nitrogen and oxygen atoms in total. The number of rotatable bonds is 7. The smallest absolute Gasteiger partial charge is 0.161 e. The number of nitrogens with zero attached hydrogens (tertiary/aromatic N) is 2. The highest BCUT2D eigenvalue weighted by molar-refractivity contribution is 5.77. The summed E-state index contributed by atoms with van der Waals surface area (Å²) in [5.41, 5.74) is 4.37. The molecular formula is C26H37N3O2. The minimum Gasteiger partial charge on any atom is -0.493 e. The zero-order valence-electron chi connectivity index (χ0n) is 19.2. The van der Waals surface area contributed by atoms with E-state index in [-0.39, 0.29) is 0 Å². The molecule has 1 aliphatic carbocycles. The highest BCUT2D eigenvalue weighted by atomic mass is 16.5. The number of likely N-dealkylation sites (tertiary alicyclic amines) is 1. The van der Waals surface area contributed by atoms with Crippen molar-refractivity contribution in [1.29, 1.82) is 5.26 Å². The number of hydrogen-bond donors (Lipinski definition) is 1. The molecule has 1 aromatic rings. The summed E-state index contributed by atoms with van der Waals surface area (Å²) in [5, 5.41) is 13.9. The third kappa shape index (κ3) is 4.85. The quantitative estimate of drug-likeness (QED) is 0.609. The molecule has 0 spiro atoms. The molecule has 0 amide bonds. The van der Waals surface area contributed by atoms with Crippen LogP contribution in [0.4, 0.5) is 0 Å². The van der Waals surface area contributed by atoms with Crippen LogP contribution in [-0.2, 0) is 0 Å². The lowest BCUT2D eigenvalue weighted by molar-refractivity contribution is 0.226. The first-order valence-electron chi connectivity index (χ1n) is 12.2. The van der Waals surface area contributed by atoms with Crippen molar-refractivity contribution in [2.24, 2.45) is 0 Å². The second-order valence-electron chi connectivity index (χ2n) is 9.14. The zero-order valence-corrected chi connectivity index (χ0v) is 19.2. The standard InChI is InChI=1S/C26H37N3O2/c1-3-31-25-16-21-20-11-5-6-12-23(20)28-26(22(21)17-24(25)30-2)19(18-27)10-9-15-29-13-7-4-8-14-29/h16-17,20,23,28H,3-15H2,1-2H3. The molecule has 3 aliphatic rings. The van der Waals surface area contributed by atoms with Crippen molar-refractivity contribution in [1.82, 2.24) is 10.2 Å². The molecule has 1 N–H and O–H groups in total. The van der Waals surface area contributed by atoms with E-state index in [1.807, 2.05) is 6.92 Å². The Kier molecular flexibility index (Phi) is 7.40. The maximum atomic E-state index is 10.1. The van der Waals surface area contributed by atoms with Gasteiger partial charge in [-0.15, -0.1) is 0 Å². The van der Waals surface area contributed by atoms with Crippen LogP contribution in [0.25, 0.3) is 5.70 Å². The van der Waals surface area contributed by atoms with Gasteiger partial charge in [0.2, 0.25) is 0 Å². The molecule has 2 unspecified atom stereocenters. The number of fused-ring (bicyclic) bond motifs is 3. The molecule has 1 saturated heterocycles. The first kappa shape index (κ1) is 22.0. The van der Waals surface area contributed by atoms with Gasteiger partial charge in [0.15, 0.2) is 11.5 Å². The summed E-state index contributed by atoms with van der Waals surface area (Å²) >= 11 is 0. The van der Waals surface area contributed by atoms with E-state index in [1.165, 1.54) is 57.2 Å². The molecule has 0 bridgehead atoms. The van der Waals surface area contributed by atoms with Crippen molar-refractivity contribution < 1.29 is 9.47 Å². The fraction of sp³-hybridized carbons (Fsp3) is 0.654. The Labute approximate surface area is 187 Å². The van der Waals surface area contributed by atoms with Crippen molar-refractivity contribution >= 4 is 5.70 Å². The SMILES string of the molecule is CCOc1cc2c(cc1OC)C(=C(C#N)CCCN1CCCCC1)NC1CCCCC21. The molecular weight excluding hydrogens is 386 g/mol. The van der Waals surface area contributed by atoms with E-state index in [9.17, 15) is 5.26 Å². The van der Waals surface area contributed by atoms with Crippen LogP contribution in [0.5, 0.6) is 11.5 Å². The molecule has 168 valence electrons. The van der Waals surface area contributed by atoms with Gasteiger partial charge >= 0.3 is 0 Å². The topological polar surface area (TPSA) is 57.5 Å². The van der Waals surface area contributed by atoms with Crippen molar-refractivity contribution in [3.63, 3.8) is 0 Å². The van der Waals surface area contributed by atoms with Crippen LogP contribution < -0.4 is 14.8 Å². The van der Waals surface area contributed by atoms with Crippen LogP contribution in [0, 0.1) is 11.3 Å². The first-order valence-corrected chi connectivity index (χ1v) is 12.2. The number of piperidine rings is 1. The molecule has 2 heterocycles. The molecule has 31 heavy (non-hydrogen) atoms. The number of hydrogen-bond acceptors (Lipinski definition) is 5. The second-order valence-corrected chi connectivity index (χ2v) is 9.14. The fourth-order valence-electron chi connectivity index (χ4n) is 5.61. The lowest BCUT2D eigenvalue weighted by Gasteiger charge is -2.40. The van der Waals surface area contributed by atoms with Gasteiger partial charge in [0.1, 0.15) is 0 Å². The third-order valence-corrected chi connectivity index (χ3v) is 7.19. The summed E-state index contributed by atoms with van der Waals surface area (Å²) < 4.78 is 11.6. The fourth-order valence-corrected chi connectivity index (χ4v) is 5.61. The van der Waals surface area contributed by atoms with Crippen LogP contribution in [0.3, 0.4) is 0 Å². The lowest BCUT2D eigenvalue weighted by atomic mass is 9.74. The molecule has 1 aromatic carbocycles. The Hall–Kier alpha value is -2.19. The van der Waals surface area contributed by atoms with E-state index in [2.05, 4.69) is 28.4 Å². The van der Waals surface area contributed by atoms with E-state index in [1.54, 1.807) is 7.11 Å². The van der Waals surface area contributed by atoms with Crippen LogP contribution in [0.1, 0.15) is 81.8 Å². The molecule has 4 rings (SSSR count). The number of methoxy groups -OCH3 is 1. The summed E-state index contributed by atoms with van der Waals surface area (Å²) in [6, 6.07) is 7.23. The van der Waals surface area contributed by atoms with E-state index < -0.39 is 0 Å². The molecule has 2 atom stereocenters. The first-order chi connectivity index (χ1) is 15.2. The predicted octanol–water partition coefficient (Wildman–Crippen LogP) is 5.22. The molecule has 0 aromatic heterocycles. The summed E-state index contributed by atoms with van der Waals surface area (Å²) in [5.74, 6) is 2.05. The lowest BCUT2D eigenvalue weighted by Crippen LogP contribution is -2.41. The van der Waals surface area contributed by atoms with Crippen molar-refractivity contribution in [2.45, 2.75) is 76.7 Å². The molecule has 5 heteroatoms. The average molecular weight is 424 g/mol. The van der Waals surface area contributed by atoms with Crippen LogP contribution in [0.2, 0.25) is 0 Å². The predicted molar refractivity (Wildman–Crippen MR) is 124 cm³/mol. The Morgan fingerprint density at radius 1 is 1.13 bits per heavy atom. The Morgan fingerprint density at radius 2 is 1.94 bits per heavy atom. The molecule has 1 saturated carbocycles. The van der Waals surface area contributed by atoms with E-state index in [0.29, 0.717) is 18.6 Å². The van der Waals surface area contributed by atoms with E-state index in [4.69, 9.17) is 9.47 Å². The Balaban J connectivity index is 1.65. The van der Waals surface area contributed by atoms with Gasteiger partial charge in [0.25, 0.3) is 0 Å². The molecule has 0 radical (unpaired) electrons. The molecule has 2 aliphatic heterocycles. The van der Waals surface area contributed by atoms with E-state index >= 15 is 0 Å². The number of allylic oxidation sites excluding steroid dienone is 1. The van der Waals surface area contributed by atoms with Gasteiger partial charge in [-0.05, 0) is 82.8 Å². The van der Waals surface area contributed by atoms with E-state index in [0.717, 1.165) is 54.1 Å². The van der Waals surface area contributed by atoms with Gasteiger partial charge in [-0.2, -0.15) is 5.26 Å². The zero-order chi connectivity index (χ0) is 21.6. The van der Waals surface area contributed by atoms with Gasteiger partial charge in [0, 0.05) is 17.5 Å². The Morgan fingerprint density at radius 3 is 2.68 bits per heavy atom. The van der Waals surface area contributed by atoms with Gasteiger partial charge in [-0.25, -0.2) is 0 Å². The van der Waals surface area contributed by atoms with Crippen LogP contribution in [0.15, 0.2) is 17.7 Å². The summed E-state index contributed by atoms with van der Waals surface area (Å²) in [6.07, 6.45) is 10.7. The normalized spacial score (nSPS) is 24.9. The van der Waals surface area contributed by atoms with Crippen molar-refractivity contribution in [3.8, 4) is 17.6 Å². The average Bonchev–Trinajstić information content (AvgIpc) is 2.82. The molecule has 2 fully saturated rings. The van der Waals surface area contributed by atoms with Gasteiger partial charge in [-0.3, -0.25) is 0 Å². The second kappa shape index (κ2) is 10.4. The summed E-state index contributed by atoms with van der Waals surface area (Å²) in [6.45, 7) is 6.13. The van der Waals surface area contributed by atoms with Gasteiger partial charge in [0.05, 0.1) is 31.1 Å². The maximum absolute atomic E-state index is 10.1. The number of nitriles is 1. The van der Waals surface area contributed by atoms with Gasteiger partial charge in [-0.1, -0.05) is 19.3 Å². The highest BCUT2D eigenvalue weighted by Crippen LogP contribution is 2.46. The minimum absolute atomic E-state index is 0.407. The number of ether oxygens (including phenoxy) is 2. The van der Waals surface area contributed by atoms with Crippen LogP contribution in [-0.4, -0.2) is 44.3 Å². The maximum Gasteiger partial charge on any atom is 0.161 e. The summed E-state index contributed by atoms with van der Waals surface area (Å²) in [7, 11) is 1.69.